The highest BCUT2D eigenvalue weighted by molar-refractivity contribution is 6.06. The van der Waals surface area contributed by atoms with E-state index < -0.39 is 0 Å². The first kappa shape index (κ1) is 15.1. The van der Waals surface area contributed by atoms with Crippen LogP contribution in [0.4, 0.5) is 0 Å². The van der Waals surface area contributed by atoms with Crippen LogP contribution in [-0.2, 0) is 6.54 Å². The molecule has 0 saturated heterocycles. The molecule has 1 atom stereocenters. The third-order valence-corrected chi connectivity index (χ3v) is 4.07. The Labute approximate surface area is 143 Å². The molecule has 0 aliphatic heterocycles. The Morgan fingerprint density at radius 1 is 1.16 bits per heavy atom. The number of aromatic nitrogens is 5. The number of carbonyl (C=O) groups excluding carboxylic acids is 1. The van der Waals surface area contributed by atoms with Gasteiger partial charge in [0.25, 0.3) is 5.91 Å². The molecule has 0 saturated carbocycles. The molecule has 4 aromatic rings. The van der Waals surface area contributed by atoms with Gasteiger partial charge in [-0.2, -0.15) is 10.2 Å². The van der Waals surface area contributed by atoms with Gasteiger partial charge in [0, 0.05) is 5.39 Å². The van der Waals surface area contributed by atoms with E-state index >= 15 is 0 Å². The molecule has 0 radical (unpaired) electrons. The van der Waals surface area contributed by atoms with Crippen molar-refractivity contribution in [2.24, 2.45) is 0 Å². The molecule has 0 bridgehead atoms. The monoisotopic (exact) mass is 332 g/mol. The summed E-state index contributed by atoms with van der Waals surface area (Å²) in [4.78, 5) is 16.8. The van der Waals surface area contributed by atoms with Crippen LogP contribution in [0, 0.1) is 0 Å². The lowest BCUT2D eigenvalue weighted by Gasteiger charge is -2.19. The molecule has 4 rings (SSSR count). The summed E-state index contributed by atoms with van der Waals surface area (Å²) in [5.74, 6) is -0.152. The zero-order chi connectivity index (χ0) is 17.1. The highest BCUT2D eigenvalue weighted by Crippen LogP contribution is 2.19. The van der Waals surface area contributed by atoms with Crippen LogP contribution in [0.5, 0.6) is 0 Å². The molecular formula is C18H16N6O. The van der Waals surface area contributed by atoms with Crippen molar-refractivity contribution in [3.05, 3.63) is 78.5 Å². The second-order valence-electron chi connectivity index (χ2n) is 5.69. The van der Waals surface area contributed by atoms with Gasteiger partial charge in [-0.15, -0.1) is 0 Å². The molecule has 2 aromatic heterocycles. The summed E-state index contributed by atoms with van der Waals surface area (Å²) in [6, 6.07) is 15.1. The fourth-order valence-electron chi connectivity index (χ4n) is 2.84. The Morgan fingerprint density at radius 2 is 2.04 bits per heavy atom. The van der Waals surface area contributed by atoms with Crippen LogP contribution in [0.15, 0.2) is 67.4 Å². The van der Waals surface area contributed by atoms with Crippen molar-refractivity contribution in [1.82, 2.24) is 30.3 Å². The molecule has 2 aromatic carbocycles. The van der Waals surface area contributed by atoms with Gasteiger partial charge in [-0.05, 0) is 17.7 Å². The number of rotatable bonds is 5. The number of fused-ring (bicyclic) bond motifs is 1. The van der Waals surface area contributed by atoms with Crippen LogP contribution in [0.3, 0.4) is 0 Å². The van der Waals surface area contributed by atoms with Gasteiger partial charge < -0.3 is 5.32 Å². The van der Waals surface area contributed by atoms with Crippen molar-refractivity contribution in [3.8, 4) is 0 Å². The summed E-state index contributed by atoms with van der Waals surface area (Å²) in [6.45, 7) is 0.497. The van der Waals surface area contributed by atoms with Crippen LogP contribution in [-0.4, -0.2) is 30.9 Å². The van der Waals surface area contributed by atoms with E-state index in [1.54, 1.807) is 23.3 Å². The maximum atomic E-state index is 12.9. The first-order valence-corrected chi connectivity index (χ1v) is 7.91. The van der Waals surface area contributed by atoms with Crippen LogP contribution < -0.4 is 5.32 Å². The van der Waals surface area contributed by atoms with Gasteiger partial charge in [-0.1, -0.05) is 36.4 Å². The van der Waals surface area contributed by atoms with Gasteiger partial charge >= 0.3 is 0 Å². The lowest BCUT2D eigenvalue weighted by molar-refractivity contribution is 0.0933. The van der Waals surface area contributed by atoms with Crippen LogP contribution in [0.25, 0.3) is 10.9 Å². The van der Waals surface area contributed by atoms with E-state index in [2.05, 4.69) is 25.6 Å². The van der Waals surface area contributed by atoms with Gasteiger partial charge in [-0.3, -0.25) is 14.6 Å². The summed E-state index contributed by atoms with van der Waals surface area (Å²) in [5, 5.41) is 14.9. The first-order chi connectivity index (χ1) is 12.3. The molecule has 0 aliphatic carbocycles. The van der Waals surface area contributed by atoms with E-state index in [-0.39, 0.29) is 11.9 Å². The van der Waals surface area contributed by atoms with Gasteiger partial charge in [0.15, 0.2) is 0 Å². The number of H-pyrrole nitrogens is 1. The van der Waals surface area contributed by atoms with Gasteiger partial charge in [0.2, 0.25) is 0 Å². The molecular weight excluding hydrogens is 316 g/mol. The predicted octanol–water partition coefficient (Wildman–Crippen LogP) is 2.33. The number of nitrogens with one attached hydrogen (secondary N) is 2. The number of hydrogen-bond donors (Lipinski definition) is 2. The lowest BCUT2D eigenvalue weighted by atomic mass is 10.1. The fraction of sp³-hybridized carbons (Fsp3) is 0.111. The van der Waals surface area contributed by atoms with Gasteiger partial charge in [0.1, 0.15) is 12.7 Å². The maximum absolute atomic E-state index is 12.9. The number of nitrogens with zero attached hydrogens (tertiary/aromatic N) is 4. The molecule has 0 aliphatic rings. The molecule has 124 valence electrons. The van der Waals surface area contributed by atoms with Crippen molar-refractivity contribution in [2.75, 3.05) is 0 Å². The van der Waals surface area contributed by atoms with E-state index in [1.807, 2.05) is 42.5 Å². The second-order valence-corrected chi connectivity index (χ2v) is 5.69. The molecule has 0 spiro atoms. The topological polar surface area (TPSA) is 88.5 Å². The number of carbonyl (C=O) groups is 1. The Morgan fingerprint density at radius 3 is 2.84 bits per heavy atom. The molecule has 7 heteroatoms. The molecule has 0 fully saturated rings. The highest BCUT2D eigenvalue weighted by atomic mass is 16.1. The Bertz CT molecular complexity index is 977. The quantitative estimate of drug-likeness (QED) is 0.587. The number of hydrogen-bond acceptors (Lipinski definition) is 4. The van der Waals surface area contributed by atoms with E-state index in [0.29, 0.717) is 12.1 Å². The number of aromatic amines is 1. The molecule has 1 amide bonds. The maximum Gasteiger partial charge on any atom is 0.252 e. The molecule has 2 heterocycles. The SMILES string of the molecule is O=C(N[C@@H](Cn1cncn1)c1ccccc1)c1cccc2[nH]ncc12. The number of benzene rings is 2. The summed E-state index contributed by atoms with van der Waals surface area (Å²) in [6.07, 6.45) is 4.79. The predicted molar refractivity (Wildman–Crippen MR) is 92.8 cm³/mol. The van der Waals surface area contributed by atoms with Crippen molar-refractivity contribution in [3.63, 3.8) is 0 Å². The third-order valence-electron chi connectivity index (χ3n) is 4.07. The van der Waals surface area contributed by atoms with Crippen LogP contribution in [0.2, 0.25) is 0 Å². The van der Waals surface area contributed by atoms with Crippen molar-refractivity contribution in [1.29, 1.82) is 0 Å². The zero-order valence-corrected chi connectivity index (χ0v) is 13.3. The average Bonchev–Trinajstić information content (AvgIpc) is 3.33. The number of amides is 1. The minimum Gasteiger partial charge on any atom is -0.343 e. The normalized spacial score (nSPS) is 12.2. The van der Waals surface area contributed by atoms with Crippen LogP contribution in [0.1, 0.15) is 22.0 Å². The van der Waals surface area contributed by atoms with Crippen molar-refractivity contribution in [2.45, 2.75) is 12.6 Å². The van der Waals surface area contributed by atoms with E-state index in [0.717, 1.165) is 16.5 Å². The third kappa shape index (κ3) is 3.12. The molecule has 2 N–H and O–H groups in total. The minimum absolute atomic E-state index is 0.152. The Balaban J connectivity index is 1.64. The average molecular weight is 332 g/mol. The summed E-state index contributed by atoms with van der Waals surface area (Å²) < 4.78 is 1.70. The molecule has 7 nitrogen and oxygen atoms in total. The van der Waals surface area contributed by atoms with E-state index in [9.17, 15) is 4.79 Å². The lowest BCUT2D eigenvalue weighted by Crippen LogP contribution is -2.31. The summed E-state index contributed by atoms with van der Waals surface area (Å²) in [5.41, 5.74) is 2.43. The molecule has 25 heavy (non-hydrogen) atoms. The summed E-state index contributed by atoms with van der Waals surface area (Å²) >= 11 is 0. The fourth-order valence-corrected chi connectivity index (χ4v) is 2.84. The van der Waals surface area contributed by atoms with E-state index in [1.165, 1.54) is 6.33 Å². The van der Waals surface area contributed by atoms with E-state index in [4.69, 9.17) is 0 Å². The van der Waals surface area contributed by atoms with Crippen molar-refractivity contribution >= 4 is 16.8 Å². The Hall–Kier alpha value is -3.48. The zero-order valence-electron chi connectivity index (χ0n) is 13.3. The summed E-state index contributed by atoms with van der Waals surface area (Å²) in [7, 11) is 0. The standard InChI is InChI=1S/C18H16N6O/c25-18(14-7-4-8-16-15(14)9-20-23-16)22-17(10-24-12-19-11-21-24)13-5-2-1-3-6-13/h1-9,11-12,17H,10H2,(H,20,23)(H,22,25)/t17-/m0/s1. The Kier molecular flexibility index (Phi) is 3.96. The van der Waals surface area contributed by atoms with Gasteiger partial charge in [0.05, 0.1) is 29.9 Å². The molecule has 0 unspecified atom stereocenters. The second kappa shape index (κ2) is 6.56. The van der Waals surface area contributed by atoms with Gasteiger partial charge in [-0.25, -0.2) is 4.98 Å². The smallest absolute Gasteiger partial charge is 0.252 e. The minimum atomic E-state index is -0.224. The van der Waals surface area contributed by atoms with Crippen molar-refractivity contribution < 1.29 is 4.79 Å². The largest absolute Gasteiger partial charge is 0.343 e. The first-order valence-electron chi connectivity index (χ1n) is 7.91. The highest BCUT2D eigenvalue weighted by Gasteiger charge is 2.18. The van der Waals surface area contributed by atoms with Crippen LogP contribution >= 0.6 is 0 Å².